The van der Waals surface area contributed by atoms with Gasteiger partial charge in [-0.05, 0) is 67.3 Å². The number of nitrogens with zero attached hydrogens (tertiary/aromatic N) is 2. The van der Waals surface area contributed by atoms with Gasteiger partial charge < -0.3 is 25.1 Å². The van der Waals surface area contributed by atoms with Crippen LogP contribution < -0.4 is 5.73 Å². The molecule has 9 nitrogen and oxygen atoms in total. The van der Waals surface area contributed by atoms with Crippen LogP contribution >= 0.6 is 0 Å². The number of ether oxygens (including phenoxy) is 2. The lowest BCUT2D eigenvalue weighted by atomic mass is 9.78. The summed E-state index contributed by atoms with van der Waals surface area (Å²) < 4.78 is 24.0. The Labute approximate surface area is 269 Å². The van der Waals surface area contributed by atoms with Crippen LogP contribution in [0.3, 0.4) is 0 Å². The number of carbonyl (C=O) groups excluding carboxylic acids is 3. The number of H-pyrrole nitrogens is 1. The number of esters is 1. The Bertz CT molecular complexity index is 1500. The molecule has 0 unspecified atom stereocenters. The molecule has 3 fully saturated rings. The zero-order chi connectivity index (χ0) is 32.0. The molecule has 0 bridgehead atoms. The van der Waals surface area contributed by atoms with E-state index in [0.717, 1.165) is 54.4 Å². The fourth-order valence-corrected chi connectivity index (χ4v) is 7.52. The molecule has 1 amide bonds. The summed E-state index contributed by atoms with van der Waals surface area (Å²) in [6.45, 7) is 4.03. The van der Waals surface area contributed by atoms with Crippen molar-refractivity contribution in [2.45, 2.75) is 56.5 Å². The Hall–Kier alpha value is -3.60. The molecule has 2 aromatic carbocycles. The number of rotatable bonds is 11. The second kappa shape index (κ2) is 14.9. The zero-order valence-corrected chi connectivity index (χ0v) is 26.4. The van der Waals surface area contributed by atoms with Crippen LogP contribution in [0.25, 0.3) is 10.9 Å². The van der Waals surface area contributed by atoms with E-state index in [-0.39, 0.29) is 35.9 Å². The van der Waals surface area contributed by atoms with Gasteiger partial charge in [0.25, 0.3) is 0 Å². The molecule has 1 aromatic heterocycles. The number of aromatic nitrogens is 1. The molecule has 0 radical (unpaired) electrons. The van der Waals surface area contributed by atoms with Crippen molar-refractivity contribution in [2.75, 3.05) is 52.7 Å². The van der Waals surface area contributed by atoms with Crippen LogP contribution in [0.5, 0.6) is 0 Å². The number of hydrogen-bond acceptors (Lipinski definition) is 7. The third-order valence-electron chi connectivity index (χ3n) is 10.2. The monoisotopic (exact) mass is 632 g/mol. The summed E-state index contributed by atoms with van der Waals surface area (Å²) >= 11 is 0. The van der Waals surface area contributed by atoms with E-state index in [1.807, 2.05) is 53.4 Å². The first-order valence-corrected chi connectivity index (χ1v) is 16.7. The van der Waals surface area contributed by atoms with Crippen molar-refractivity contribution in [3.05, 3.63) is 71.4 Å². The standard InChI is InChI=1S/C36H45FN4O5/c37-23-30(38)26-7-9-27(10-8-26)35(43)41-13-12-29(25-4-2-1-3-5-25)34(41)33(42)21-24-6-11-31-28(20-24)22-32(39-31)36(44)46-19-16-40-14-17-45-18-15-40/h1-6,11,20,22,26-27,29-30,34,39H,7-10,12-19,21,23,38H2/t26?,27?,29-,30-,34+/m1/s1. The molecular weight excluding hydrogens is 587 g/mol. The maximum atomic E-state index is 14.1. The lowest BCUT2D eigenvalue weighted by Gasteiger charge is -2.35. The first-order chi connectivity index (χ1) is 22.4. The zero-order valence-electron chi connectivity index (χ0n) is 26.4. The molecule has 3 aliphatic rings. The van der Waals surface area contributed by atoms with Gasteiger partial charge in [-0.15, -0.1) is 0 Å². The lowest BCUT2D eigenvalue weighted by molar-refractivity contribution is -0.142. The van der Waals surface area contributed by atoms with Crippen LogP contribution in [-0.4, -0.2) is 97.2 Å². The van der Waals surface area contributed by atoms with Crippen molar-refractivity contribution in [2.24, 2.45) is 17.6 Å². The van der Waals surface area contributed by atoms with E-state index in [1.165, 1.54) is 0 Å². The van der Waals surface area contributed by atoms with Gasteiger partial charge in [-0.25, -0.2) is 9.18 Å². The molecule has 6 rings (SSSR count). The van der Waals surface area contributed by atoms with E-state index >= 15 is 0 Å². The summed E-state index contributed by atoms with van der Waals surface area (Å²) in [5, 5.41) is 0.827. The third-order valence-corrected chi connectivity index (χ3v) is 10.2. The number of fused-ring (bicyclic) bond motifs is 1. The fourth-order valence-electron chi connectivity index (χ4n) is 7.52. The van der Waals surface area contributed by atoms with Crippen LogP contribution in [0, 0.1) is 11.8 Å². The van der Waals surface area contributed by atoms with Gasteiger partial charge in [0, 0.05) is 61.4 Å². The van der Waals surface area contributed by atoms with E-state index in [2.05, 4.69) is 9.88 Å². The second-order valence-electron chi connectivity index (χ2n) is 13.0. The largest absolute Gasteiger partial charge is 0.460 e. The summed E-state index contributed by atoms with van der Waals surface area (Å²) in [6.07, 6.45) is 3.71. The summed E-state index contributed by atoms with van der Waals surface area (Å²) in [5.74, 6) is -0.524. The second-order valence-corrected chi connectivity index (χ2v) is 13.0. The molecule has 10 heteroatoms. The number of nitrogens with one attached hydrogen (secondary N) is 1. The molecular formula is C36H45FN4O5. The Morgan fingerprint density at radius 3 is 2.48 bits per heavy atom. The number of carbonyl (C=O) groups is 3. The number of likely N-dealkylation sites (tertiary alicyclic amines) is 1. The number of halogens is 1. The number of aromatic amines is 1. The van der Waals surface area contributed by atoms with Crippen molar-refractivity contribution in [1.82, 2.24) is 14.8 Å². The minimum Gasteiger partial charge on any atom is -0.460 e. The number of morpholine rings is 1. The molecule has 46 heavy (non-hydrogen) atoms. The Balaban J connectivity index is 1.13. The minimum absolute atomic E-state index is 0.00507. The van der Waals surface area contributed by atoms with Crippen molar-refractivity contribution in [3.8, 4) is 0 Å². The van der Waals surface area contributed by atoms with Crippen LogP contribution in [0.4, 0.5) is 4.39 Å². The average molecular weight is 633 g/mol. The highest BCUT2D eigenvalue weighted by Gasteiger charge is 2.44. The molecule has 3 heterocycles. The Morgan fingerprint density at radius 2 is 1.74 bits per heavy atom. The molecule has 2 saturated heterocycles. The molecule has 246 valence electrons. The first kappa shape index (κ1) is 32.3. The number of Topliss-reactive ketones (excluding diaryl/α,β-unsaturated/α-hetero) is 1. The topological polar surface area (TPSA) is 118 Å². The quantitative estimate of drug-likeness (QED) is 0.304. The van der Waals surface area contributed by atoms with Crippen molar-refractivity contribution in [1.29, 1.82) is 0 Å². The van der Waals surface area contributed by atoms with Gasteiger partial charge in [-0.1, -0.05) is 36.4 Å². The highest BCUT2D eigenvalue weighted by atomic mass is 19.1. The van der Waals surface area contributed by atoms with Crippen molar-refractivity contribution >= 4 is 28.6 Å². The molecule has 0 spiro atoms. The lowest BCUT2D eigenvalue weighted by Crippen LogP contribution is -2.47. The Kier molecular flexibility index (Phi) is 10.5. The van der Waals surface area contributed by atoms with Crippen LogP contribution in [-0.2, 0) is 25.5 Å². The van der Waals surface area contributed by atoms with Gasteiger partial charge >= 0.3 is 5.97 Å². The first-order valence-electron chi connectivity index (χ1n) is 16.7. The molecule has 1 aliphatic carbocycles. The summed E-state index contributed by atoms with van der Waals surface area (Å²) in [7, 11) is 0. The SMILES string of the molecule is N[C@H](CF)C1CCC(C(=O)N2CC[C@H](c3ccccc3)[C@H]2C(=O)Cc2ccc3[nH]c(C(=O)OCCN4CCOCC4)cc3c2)CC1. The fraction of sp³-hybridized carbons (Fsp3) is 0.528. The smallest absolute Gasteiger partial charge is 0.354 e. The van der Waals surface area contributed by atoms with Gasteiger partial charge in [-0.3, -0.25) is 14.5 Å². The number of ketones is 1. The van der Waals surface area contributed by atoms with Gasteiger partial charge in [0.15, 0.2) is 5.78 Å². The van der Waals surface area contributed by atoms with Crippen LogP contribution in [0.1, 0.15) is 59.6 Å². The predicted molar refractivity (Wildman–Crippen MR) is 173 cm³/mol. The highest BCUT2D eigenvalue weighted by Crippen LogP contribution is 2.38. The van der Waals surface area contributed by atoms with Gasteiger partial charge in [0.1, 0.15) is 19.0 Å². The van der Waals surface area contributed by atoms with E-state index in [4.69, 9.17) is 15.2 Å². The number of alkyl halides is 1. The molecule has 1 saturated carbocycles. The maximum absolute atomic E-state index is 14.1. The average Bonchev–Trinajstić information content (AvgIpc) is 3.74. The van der Waals surface area contributed by atoms with Crippen molar-refractivity contribution in [3.63, 3.8) is 0 Å². The third kappa shape index (κ3) is 7.35. The molecule has 3 atom stereocenters. The Morgan fingerprint density at radius 1 is 0.978 bits per heavy atom. The van der Waals surface area contributed by atoms with Gasteiger partial charge in [0.05, 0.1) is 19.3 Å². The minimum atomic E-state index is -0.556. The molecule has 2 aliphatic heterocycles. The molecule has 3 N–H and O–H groups in total. The highest BCUT2D eigenvalue weighted by molar-refractivity contribution is 5.96. The summed E-state index contributed by atoms with van der Waals surface area (Å²) in [4.78, 5) is 48.0. The van der Waals surface area contributed by atoms with Gasteiger partial charge in [0.2, 0.25) is 5.91 Å². The van der Waals surface area contributed by atoms with Crippen LogP contribution in [0.15, 0.2) is 54.6 Å². The van der Waals surface area contributed by atoms with Gasteiger partial charge in [-0.2, -0.15) is 0 Å². The number of amides is 1. The predicted octanol–water partition coefficient (Wildman–Crippen LogP) is 4.26. The normalized spacial score (nSPS) is 24.6. The summed E-state index contributed by atoms with van der Waals surface area (Å²) in [6, 6.07) is 16.4. The number of hydrogen-bond donors (Lipinski definition) is 2. The van der Waals surface area contributed by atoms with E-state index in [9.17, 15) is 18.8 Å². The van der Waals surface area contributed by atoms with Crippen LogP contribution in [0.2, 0.25) is 0 Å². The van der Waals surface area contributed by atoms with E-state index in [0.29, 0.717) is 51.4 Å². The maximum Gasteiger partial charge on any atom is 0.354 e. The van der Waals surface area contributed by atoms with Crippen molar-refractivity contribution < 1.29 is 28.2 Å². The molecule has 3 aromatic rings. The number of benzene rings is 2. The van der Waals surface area contributed by atoms with E-state index in [1.54, 1.807) is 6.07 Å². The number of nitrogens with two attached hydrogens (primary N) is 1. The van der Waals surface area contributed by atoms with E-state index < -0.39 is 24.7 Å². The summed E-state index contributed by atoms with van der Waals surface area (Å²) in [5.41, 5.74) is 9.02.